The average molecular weight is 445 g/mol. The minimum atomic E-state index is -0.275. The fourth-order valence-electron chi connectivity index (χ4n) is 2.30. The zero-order valence-corrected chi connectivity index (χ0v) is 16.9. The Labute approximate surface area is 169 Å². The van der Waals surface area contributed by atoms with Gasteiger partial charge in [-0.2, -0.15) is 0 Å². The van der Waals surface area contributed by atoms with Crippen LogP contribution in [-0.4, -0.2) is 18.4 Å². The Morgan fingerprint density at radius 3 is 2.56 bits per heavy atom. The third-order valence-corrected chi connectivity index (χ3v) is 5.10. The van der Waals surface area contributed by atoms with Crippen LogP contribution in [0.5, 0.6) is 5.75 Å². The number of thiophene rings is 1. The van der Waals surface area contributed by atoms with Crippen LogP contribution in [0.1, 0.15) is 15.2 Å². The second-order valence-corrected chi connectivity index (χ2v) is 7.62. The number of ether oxygens (including phenoxy) is 1. The van der Waals surface area contributed by atoms with E-state index in [1.807, 2.05) is 36.6 Å². The third-order valence-electron chi connectivity index (χ3n) is 3.70. The Morgan fingerprint density at radius 2 is 1.85 bits per heavy atom. The van der Waals surface area contributed by atoms with E-state index in [1.165, 1.54) is 11.3 Å². The van der Waals surface area contributed by atoms with Crippen molar-refractivity contribution in [2.45, 2.75) is 6.92 Å². The molecule has 0 radical (unpaired) electrons. The summed E-state index contributed by atoms with van der Waals surface area (Å²) in [5.41, 5.74) is 2.13. The second kappa shape index (κ2) is 8.83. The second-order valence-electron chi connectivity index (χ2n) is 5.75. The molecular weight excluding hydrogens is 428 g/mol. The van der Waals surface area contributed by atoms with E-state index in [4.69, 9.17) is 4.74 Å². The molecule has 138 valence electrons. The molecule has 1 aromatic heterocycles. The summed E-state index contributed by atoms with van der Waals surface area (Å²) in [6.45, 7) is 1.78. The molecule has 2 N–H and O–H groups in total. The number of anilines is 2. The number of benzene rings is 2. The molecule has 2 aromatic carbocycles. The fraction of sp³-hybridized carbons (Fsp3) is 0.100. The number of carbonyl (C=O) groups excluding carboxylic acids is 2. The quantitative estimate of drug-likeness (QED) is 0.556. The van der Waals surface area contributed by atoms with Crippen molar-refractivity contribution in [1.29, 1.82) is 0 Å². The summed E-state index contributed by atoms with van der Waals surface area (Å²) in [5.74, 6) is 0.162. The summed E-state index contributed by atoms with van der Waals surface area (Å²) in [6, 6.07) is 16.2. The summed E-state index contributed by atoms with van der Waals surface area (Å²) in [5, 5.41) is 7.50. The topological polar surface area (TPSA) is 67.4 Å². The highest BCUT2D eigenvalue weighted by atomic mass is 79.9. The summed E-state index contributed by atoms with van der Waals surface area (Å²) < 4.78 is 6.42. The molecule has 0 aliphatic rings. The minimum Gasteiger partial charge on any atom is -0.484 e. The van der Waals surface area contributed by atoms with Crippen LogP contribution in [0.4, 0.5) is 11.4 Å². The van der Waals surface area contributed by atoms with E-state index in [0.717, 1.165) is 10.0 Å². The van der Waals surface area contributed by atoms with Gasteiger partial charge in [0.2, 0.25) is 0 Å². The largest absolute Gasteiger partial charge is 0.484 e. The molecule has 0 aliphatic heterocycles. The van der Waals surface area contributed by atoms with Crippen molar-refractivity contribution in [3.63, 3.8) is 0 Å². The lowest BCUT2D eigenvalue weighted by Gasteiger charge is -2.12. The van der Waals surface area contributed by atoms with Gasteiger partial charge in [0.1, 0.15) is 5.75 Å². The molecule has 5 nitrogen and oxygen atoms in total. The molecule has 0 spiro atoms. The van der Waals surface area contributed by atoms with E-state index >= 15 is 0 Å². The van der Waals surface area contributed by atoms with E-state index < -0.39 is 0 Å². The van der Waals surface area contributed by atoms with Gasteiger partial charge in [0.25, 0.3) is 11.8 Å². The number of nitrogens with one attached hydrogen (secondary N) is 2. The molecule has 0 fully saturated rings. The lowest BCUT2D eigenvalue weighted by Crippen LogP contribution is -2.21. The number of rotatable bonds is 6. The predicted octanol–water partition coefficient (Wildman–Crippen LogP) is 5.09. The molecule has 0 unspecified atom stereocenters. The molecule has 0 saturated carbocycles. The van der Waals surface area contributed by atoms with Gasteiger partial charge in [-0.1, -0.05) is 28.1 Å². The van der Waals surface area contributed by atoms with Gasteiger partial charge in [-0.05, 0) is 60.3 Å². The van der Waals surface area contributed by atoms with Crippen molar-refractivity contribution in [2.24, 2.45) is 0 Å². The Bertz CT molecular complexity index is 940. The monoisotopic (exact) mass is 444 g/mol. The summed E-state index contributed by atoms with van der Waals surface area (Å²) in [6.07, 6.45) is 0. The van der Waals surface area contributed by atoms with Crippen LogP contribution in [0.3, 0.4) is 0 Å². The Hall–Kier alpha value is -2.64. The molecule has 27 heavy (non-hydrogen) atoms. The smallest absolute Gasteiger partial charge is 0.265 e. The number of hydrogen-bond acceptors (Lipinski definition) is 4. The van der Waals surface area contributed by atoms with Gasteiger partial charge in [-0.15, -0.1) is 11.3 Å². The Balaban J connectivity index is 1.61. The molecule has 0 saturated heterocycles. The third kappa shape index (κ3) is 5.42. The molecule has 0 bridgehead atoms. The number of halogens is 1. The van der Waals surface area contributed by atoms with Crippen LogP contribution in [0.25, 0.3) is 0 Å². The van der Waals surface area contributed by atoms with Crippen molar-refractivity contribution in [1.82, 2.24) is 0 Å². The molecule has 0 aliphatic carbocycles. The maximum Gasteiger partial charge on any atom is 0.265 e. The van der Waals surface area contributed by atoms with Crippen molar-refractivity contribution in [3.05, 3.63) is 74.9 Å². The summed E-state index contributed by atoms with van der Waals surface area (Å²) >= 11 is 4.72. The zero-order chi connectivity index (χ0) is 19.2. The van der Waals surface area contributed by atoms with Gasteiger partial charge in [-0.3, -0.25) is 9.59 Å². The molecule has 3 rings (SSSR count). The number of carbonyl (C=O) groups is 2. The van der Waals surface area contributed by atoms with Crippen LogP contribution < -0.4 is 15.4 Å². The van der Waals surface area contributed by atoms with Crippen LogP contribution in [0.15, 0.2) is 64.5 Å². The average Bonchev–Trinajstić information content (AvgIpc) is 3.19. The van der Waals surface area contributed by atoms with Gasteiger partial charge in [-0.25, -0.2) is 0 Å². The maximum atomic E-state index is 12.2. The maximum absolute atomic E-state index is 12.2. The van der Waals surface area contributed by atoms with Crippen molar-refractivity contribution in [3.8, 4) is 5.75 Å². The molecular formula is C20H17BrN2O3S. The highest BCUT2D eigenvalue weighted by Crippen LogP contribution is 2.22. The van der Waals surface area contributed by atoms with Crippen molar-refractivity contribution in [2.75, 3.05) is 17.2 Å². The molecule has 0 atom stereocenters. The number of amides is 2. The zero-order valence-electron chi connectivity index (χ0n) is 14.5. The van der Waals surface area contributed by atoms with Gasteiger partial charge in [0.15, 0.2) is 6.61 Å². The van der Waals surface area contributed by atoms with Gasteiger partial charge in [0, 0.05) is 15.8 Å². The predicted molar refractivity (Wildman–Crippen MR) is 112 cm³/mol. The van der Waals surface area contributed by atoms with Gasteiger partial charge >= 0.3 is 0 Å². The Morgan fingerprint density at radius 1 is 1.07 bits per heavy atom. The summed E-state index contributed by atoms with van der Waals surface area (Å²) in [7, 11) is 0. The minimum absolute atomic E-state index is 0.104. The number of aryl methyl sites for hydroxylation is 1. The van der Waals surface area contributed by atoms with Crippen LogP contribution in [-0.2, 0) is 4.79 Å². The normalized spacial score (nSPS) is 10.3. The van der Waals surface area contributed by atoms with Crippen LogP contribution in [0, 0.1) is 6.92 Å². The van der Waals surface area contributed by atoms with Crippen LogP contribution >= 0.6 is 27.3 Å². The first-order valence-electron chi connectivity index (χ1n) is 8.15. The molecule has 2 amide bonds. The van der Waals surface area contributed by atoms with Crippen molar-refractivity contribution >= 4 is 50.5 Å². The molecule has 7 heteroatoms. The van der Waals surface area contributed by atoms with E-state index in [2.05, 4.69) is 26.6 Å². The standard InChI is InChI=1S/C20H17BrN2O3S/c1-13-4-7-15(22-20(25)18-3-2-10-27-18)11-17(13)23-19(24)12-26-16-8-5-14(21)6-9-16/h2-11H,12H2,1H3,(H,22,25)(H,23,24). The fourth-order valence-corrected chi connectivity index (χ4v) is 3.18. The first-order valence-corrected chi connectivity index (χ1v) is 9.82. The Kier molecular flexibility index (Phi) is 6.26. The highest BCUT2D eigenvalue weighted by molar-refractivity contribution is 9.10. The molecule has 3 aromatic rings. The lowest BCUT2D eigenvalue weighted by atomic mass is 10.1. The first kappa shape index (κ1) is 19.1. The van der Waals surface area contributed by atoms with Gasteiger partial charge < -0.3 is 15.4 Å². The molecule has 1 heterocycles. The van der Waals surface area contributed by atoms with E-state index in [-0.39, 0.29) is 18.4 Å². The SMILES string of the molecule is Cc1ccc(NC(=O)c2cccs2)cc1NC(=O)COc1ccc(Br)cc1. The highest BCUT2D eigenvalue weighted by Gasteiger charge is 2.10. The lowest BCUT2D eigenvalue weighted by molar-refractivity contribution is -0.118. The summed E-state index contributed by atoms with van der Waals surface area (Å²) in [4.78, 5) is 25.0. The number of hydrogen-bond donors (Lipinski definition) is 2. The van der Waals surface area contributed by atoms with E-state index in [1.54, 1.807) is 30.3 Å². The van der Waals surface area contributed by atoms with Crippen LogP contribution in [0.2, 0.25) is 0 Å². The first-order chi connectivity index (χ1) is 13.0. The van der Waals surface area contributed by atoms with E-state index in [9.17, 15) is 9.59 Å². The van der Waals surface area contributed by atoms with Crippen molar-refractivity contribution < 1.29 is 14.3 Å². The van der Waals surface area contributed by atoms with Gasteiger partial charge in [0.05, 0.1) is 4.88 Å². The van der Waals surface area contributed by atoms with E-state index in [0.29, 0.717) is 22.0 Å².